The van der Waals surface area contributed by atoms with Gasteiger partial charge in [0.1, 0.15) is 5.82 Å². The number of H-pyrrole nitrogens is 1. The van der Waals surface area contributed by atoms with Gasteiger partial charge in [-0.3, -0.25) is 14.9 Å². The maximum absolute atomic E-state index is 13.1. The second kappa shape index (κ2) is 13.0. The van der Waals surface area contributed by atoms with Crippen molar-refractivity contribution < 1.29 is 9.72 Å². The number of aromatic nitrogens is 7. The van der Waals surface area contributed by atoms with Crippen LogP contribution in [0.1, 0.15) is 47.1 Å². The highest BCUT2D eigenvalue weighted by atomic mass is 32.2. The fourth-order valence-corrected chi connectivity index (χ4v) is 5.24. The van der Waals surface area contributed by atoms with Crippen molar-refractivity contribution in [1.29, 1.82) is 0 Å². The second-order valence-electron chi connectivity index (χ2n) is 9.20. The molecular weight excluding hydrogens is 542 g/mol. The monoisotopic (exact) mass is 569 g/mol. The van der Waals surface area contributed by atoms with Crippen LogP contribution in [0.2, 0.25) is 0 Å². The molecule has 41 heavy (non-hydrogen) atoms. The summed E-state index contributed by atoms with van der Waals surface area (Å²) >= 11 is 1.43. The summed E-state index contributed by atoms with van der Waals surface area (Å²) in [6.45, 7) is 2.65. The van der Waals surface area contributed by atoms with Crippen molar-refractivity contribution in [2.24, 2.45) is 0 Å². The average Bonchev–Trinajstić information content (AvgIpc) is 3.66. The van der Waals surface area contributed by atoms with Gasteiger partial charge in [0.25, 0.3) is 11.6 Å². The Labute approximate surface area is 239 Å². The minimum Gasteiger partial charge on any atom is -0.322 e. The van der Waals surface area contributed by atoms with Crippen molar-refractivity contribution in [3.05, 3.63) is 105 Å². The lowest BCUT2D eigenvalue weighted by Gasteiger charge is -2.12. The third kappa shape index (κ3) is 6.64. The van der Waals surface area contributed by atoms with Crippen LogP contribution in [0.15, 0.2) is 78.0 Å². The maximum Gasteiger partial charge on any atom is 0.273 e. The van der Waals surface area contributed by atoms with Crippen LogP contribution in [-0.2, 0) is 18.7 Å². The zero-order valence-corrected chi connectivity index (χ0v) is 23.0. The summed E-state index contributed by atoms with van der Waals surface area (Å²) in [6.07, 6.45) is 2.78. The number of carbonyl (C=O) groups is 1. The molecule has 0 aliphatic carbocycles. The van der Waals surface area contributed by atoms with Gasteiger partial charge in [0.15, 0.2) is 5.16 Å². The molecule has 0 spiro atoms. The molecule has 2 N–H and O–H groups in total. The van der Waals surface area contributed by atoms with Gasteiger partial charge in [-0.25, -0.2) is 0 Å². The molecule has 2 heterocycles. The van der Waals surface area contributed by atoms with Crippen molar-refractivity contribution in [2.45, 2.75) is 43.6 Å². The van der Waals surface area contributed by atoms with Crippen molar-refractivity contribution in [1.82, 2.24) is 35.4 Å². The molecule has 0 radical (unpaired) electrons. The molecule has 13 heteroatoms. The summed E-state index contributed by atoms with van der Waals surface area (Å²) in [5, 5.41) is 37.9. The Morgan fingerprint density at radius 3 is 2.56 bits per heavy atom. The lowest BCUT2D eigenvalue weighted by molar-refractivity contribution is -0.385. The third-order valence-electron chi connectivity index (χ3n) is 6.40. The summed E-state index contributed by atoms with van der Waals surface area (Å²) < 4.78 is 2.06. The zero-order valence-electron chi connectivity index (χ0n) is 22.2. The topological polar surface area (TPSA) is 157 Å². The molecule has 0 atom stereocenters. The number of nitro groups is 1. The van der Waals surface area contributed by atoms with Crippen molar-refractivity contribution in [3.8, 4) is 11.4 Å². The summed E-state index contributed by atoms with van der Waals surface area (Å²) in [5.41, 5.74) is 3.38. The van der Waals surface area contributed by atoms with E-state index in [2.05, 4.69) is 47.6 Å². The molecule has 2 aromatic heterocycles. The molecule has 0 unspecified atom stereocenters. The van der Waals surface area contributed by atoms with Gasteiger partial charge >= 0.3 is 0 Å². The van der Waals surface area contributed by atoms with Gasteiger partial charge in [-0.1, -0.05) is 73.6 Å². The van der Waals surface area contributed by atoms with Crippen molar-refractivity contribution in [2.75, 3.05) is 5.32 Å². The van der Waals surface area contributed by atoms with E-state index in [0.29, 0.717) is 45.7 Å². The first-order chi connectivity index (χ1) is 20.0. The molecule has 208 valence electrons. The van der Waals surface area contributed by atoms with Crippen LogP contribution in [0.3, 0.4) is 0 Å². The van der Waals surface area contributed by atoms with Crippen LogP contribution in [-0.4, -0.2) is 46.2 Å². The molecule has 5 rings (SSSR count). The normalized spacial score (nSPS) is 11.0. The van der Waals surface area contributed by atoms with Crippen molar-refractivity contribution in [3.63, 3.8) is 0 Å². The Hall–Kier alpha value is -4.91. The lowest BCUT2D eigenvalue weighted by Crippen LogP contribution is -2.13. The van der Waals surface area contributed by atoms with Crippen LogP contribution in [0.4, 0.5) is 11.4 Å². The molecule has 5 aromatic rings. The number of aryl methyl sites for hydroxylation is 1. The molecular formula is C28H27N9O3S. The number of rotatable bonds is 12. The van der Waals surface area contributed by atoms with E-state index in [9.17, 15) is 14.9 Å². The zero-order chi connectivity index (χ0) is 28.6. The minimum atomic E-state index is -0.364. The summed E-state index contributed by atoms with van der Waals surface area (Å²) in [7, 11) is 0. The Balaban J connectivity index is 1.31. The predicted molar refractivity (Wildman–Crippen MR) is 154 cm³/mol. The number of thioether (sulfide) groups is 1. The molecule has 0 aliphatic rings. The number of hydrogen-bond acceptors (Lipinski definition) is 9. The van der Waals surface area contributed by atoms with Crippen LogP contribution in [0.5, 0.6) is 0 Å². The highest BCUT2D eigenvalue weighted by Crippen LogP contribution is 2.28. The van der Waals surface area contributed by atoms with Crippen LogP contribution < -0.4 is 5.32 Å². The SMILES string of the molecule is CCCCc1nnc(SCc2ccccc2[N+](=O)[O-])n1Cc1ccc(NC(=O)c2ccccc2-c2nn[nH]n2)cc1. The van der Waals surface area contributed by atoms with Crippen molar-refractivity contribution >= 4 is 29.0 Å². The van der Waals surface area contributed by atoms with E-state index in [1.165, 1.54) is 17.8 Å². The number of nitrogens with one attached hydrogen (secondary N) is 2. The van der Waals surface area contributed by atoms with Gasteiger partial charge < -0.3 is 9.88 Å². The molecule has 0 bridgehead atoms. The van der Waals surface area contributed by atoms with E-state index in [1.54, 1.807) is 36.4 Å². The number of tetrazole rings is 1. The van der Waals surface area contributed by atoms with E-state index in [0.717, 1.165) is 30.7 Å². The summed E-state index contributed by atoms with van der Waals surface area (Å²) in [4.78, 5) is 24.1. The van der Waals surface area contributed by atoms with Crippen LogP contribution >= 0.6 is 11.8 Å². The number of unbranched alkanes of at least 4 members (excludes halogenated alkanes) is 1. The van der Waals surface area contributed by atoms with Crippen LogP contribution in [0.25, 0.3) is 11.4 Å². The Bertz CT molecular complexity index is 1640. The number of nitro benzene ring substituents is 1. The van der Waals surface area contributed by atoms with E-state index in [-0.39, 0.29) is 16.5 Å². The number of para-hydroxylation sites is 1. The number of nitrogens with zero attached hydrogens (tertiary/aromatic N) is 7. The molecule has 0 saturated heterocycles. The molecule has 0 fully saturated rings. The molecule has 12 nitrogen and oxygen atoms in total. The Morgan fingerprint density at radius 2 is 1.80 bits per heavy atom. The molecule has 3 aromatic carbocycles. The van der Waals surface area contributed by atoms with Gasteiger partial charge in [0.05, 0.1) is 17.0 Å². The third-order valence-corrected chi connectivity index (χ3v) is 7.42. The maximum atomic E-state index is 13.1. The number of hydrogen-bond donors (Lipinski definition) is 2. The number of anilines is 1. The lowest BCUT2D eigenvalue weighted by atomic mass is 10.1. The fourth-order valence-electron chi connectivity index (χ4n) is 4.28. The summed E-state index contributed by atoms with van der Waals surface area (Å²) in [6, 6.07) is 21.4. The molecule has 0 saturated carbocycles. The van der Waals surface area contributed by atoms with E-state index >= 15 is 0 Å². The number of benzene rings is 3. The number of amides is 1. The Kier molecular flexibility index (Phi) is 8.74. The second-order valence-corrected chi connectivity index (χ2v) is 10.1. The Morgan fingerprint density at radius 1 is 1.02 bits per heavy atom. The quantitative estimate of drug-likeness (QED) is 0.115. The van der Waals surface area contributed by atoms with E-state index < -0.39 is 0 Å². The first-order valence-electron chi connectivity index (χ1n) is 13.0. The molecule has 1 amide bonds. The highest BCUT2D eigenvalue weighted by molar-refractivity contribution is 7.98. The highest BCUT2D eigenvalue weighted by Gasteiger charge is 2.18. The largest absolute Gasteiger partial charge is 0.322 e. The predicted octanol–water partition coefficient (Wildman–Crippen LogP) is 5.30. The standard InChI is InChI=1S/C28H27N9O3S/c1-2-3-12-25-30-33-28(41-18-20-8-4-7-11-24(20)37(39)40)36(25)17-19-13-15-21(16-14-19)29-27(38)23-10-6-5-9-22(23)26-31-34-35-32-26/h4-11,13-16H,2-3,12,17-18H2,1H3,(H,29,38)(H,31,32,34,35). The van der Waals surface area contributed by atoms with Gasteiger partial charge in [-0.2, -0.15) is 5.21 Å². The summed E-state index contributed by atoms with van der Waals surface area (Å²) in [5.74, 6) is 1.33. The number of aromatic amines is 1. The van der Waals surface area contributed by atoms with E-state index in [1.807, 2.05) is 30.3 Å². The van der Waals surface area contributed by atoms with Gasteiger partial charge in [-0.05, 0) is 35.4 Å². The van der Waals surface area contributed by atoms with Crippen LogP contribution in [0, 0.1) is 10.1 Å². The average molecular weight is 570 g/mol. The molecule has 0 aliphatic heterocycles. The fraction of sp³-hybridized carbons (Fsp3) is 0.214. The first kappa shape index (κ1) is 27.6. The number of carbonyl (C=O) groups excluding carboxylic acids is 1. The van der Waals surface area contributed by atoms with Gasteiger partial charge in [0.2, 0.25) is 5.82 Å². The van der Waals surface area contributed by atoms with Gasteiger partial charge in [0, 0.05) is 35.1 Å². The van der Waals surface area contributed by atoms with Gasteiger partial charge in [-0.15, -0.1) is 20.4 Å². The van der Waals surface area contributed by atoms with E-state index in [4.69, 9.17) is 0 Å². The minimum absolute atomic E-state index is 0.0924. The smallest absolute Gasteiger partial charge is 0.273 e. The first-order valence-corrected chi connectivity index (χ1v) is 14.0.